The first-order valence-electron chi connectivity index (χ1n) is 12.9. The maximum atomic E-state index is 12.4. The second kappa shape index (κ2) is 14.0. The van der Waals surface area contributed by atoms with Crippen LogP contribution in [0.15, 0.2) is 47.0 Å². The average molecular weight is 636 g/mol. The first-order chi connectivity index (χ1) is 21.4. The molecule has 2 aromatic rings. The van der Waals surface area contributed by atoms with Gasteiger partial charge in [-0.2, -0.15) is 0 Å². The Hall–Kier alpha value is -6.04. The number of rotatable bonds is 12. The molecule has 4 rings (SSSR count). The van der Waals surface area contributed by atoms with Gasteiger partial charge in [-0.15, -0.1) is 10.0 Å². The van der Waals surface area contributed by atoms with Gasteiger partial charge in [-0.1, -0.05) is 0 Å². The van der Waals surface area contributed by atoms with Crippen LogP contribution in [-0.2, 0) is 0 Å². The summed E-state index contributed by atoms with van der Waals surface area (Å²) in [6, 6.07) is 5.32. The SMILES string of the molecule is O=[N+]([O-])c1ccc(O/N=[N+](\[O-])N2CCN(CN3CCN(/[N+]([O-])=N/Oc4ccc([N+](=O)[O-])cc4[N+](=O)[O-])CC3)CC2)c([N+](=O)[O-])c1. The van der Waals surface area contributed by atoms with Crippen molar-refractivity contribution in [3.05, 3.63) is 87.3 Å². The van der Waals surface area contributed by atoms with Gasteiger partial charge in [0.2, 0.25) is 22.1 Å². The molecule has 2 heterocycles. The molecule has 240 valence electrons. The van der Waals surface area contributed by atoms with E-state index in [1.54, 1.807) is 0 Å². The van der Waals surface area contributed by atoms with Crippen molar-refractivity contribution in [2.75, 3.05) is 59.0 Å². The molecule has 0 unspecified atom stereocenters. The standard InChI is InChI=1S/C21H24N12O12/c34-28(35)16-1-3-20(18(13-16)30(38)39)44-22-32(42)26-9-5-24(6-10-26)15-25-7-11-27(12-8-25)33(43)23-45-21-4-2-17(29(36)37)14-19(21)31(40)41/h1-4,13-14H,5-12,15H2/b32-22-,33-23-. The van der Waals surface area contributed by atoms with E-state index < -0.39 is 53.9 Å². The molecule has 0 saturated carbocycles. The smallest absolute Gasteiger partial charge is 0.321 e. The molecule has 45 heavy (non-hydrogen) atoms. The largest absolute Gasteiger partial charge is 0.569 e. The van der Waals surface area contributed by atoms with E-state index in [0.717, 1.165) is 24.3 Å². The Labute approximate surface area is 250 Å². The number of piperazine rings is 2. The van der Waals surface area contributed by atoms with Crippen molar-refractivity contribution in [3.8, 4) is 11.5 Å². The minimum Gasteiger partial charge on any atom is -0.569 e. The first-order valence-corrected chi connectivity index (χ1v) is 12.9. The summed E-state index contributed by atoms with van der Waals surface area (Å²) in [5.74, 6) is -0.874. The summed E-state index contributed by atoms with van der Waals surface area (Å²) in [4.78, 5) is 55.0. The van der Waals surface area contributed by atoms with Crippen molar-refractivity contribution < 1.29 is 39.3 Å². The van der Waals surface area contributed by atoms with Crippen molar-refractivity contribution >= 4 is 22.7 Å². The zero-order valence-corrected chi connectivity index (χ0v) is 23.1. The van der Waals surface area contributed by atoms with Crippen LogP contribution in [0.25, 0.3) is 0 Å². The summed E-state index contributed by atoms with van der Waals surface area (Å²) in [7, 11) is 0. The molecule has 0 atom stereocenters. The lowest BCUT2D eigenvalue weighted by Gasteiger charge is -2.37. The Morgan fingerprint density at radius 1 is 0.556 bits per heavy atom. The van der Waals surface area contributed by atoms with Crippen molar-refractivity contribution in [3.63, 3.8) is 0 Å². The van der Waals surface area contributed by atoms with Gasteiger partial charge >= 0.3 is 11.4 Å². The van der Waals surface area contributed by atoms with Crippen LogP contribution in [0.3, 0.4) is 0 Å². The molecule has 2 aliphatic heterocycles. The number of nitrogens with zero attached hydrogens (tertiary/aromatic N) is 12. The summed E-state index contributed by atoms with van der Waals surface area (Å²) in [5.41, 5.74) is -2.48. The number of nitro groups is 4. The summed E-state index contributed by atoms with van der Waals surface area (Å²) >= 11 is 0. The number of hydrazine groups is 2. The lowest BCUT2D eigenvalue weighted by atomic mass is 10.2. The van der Waals surface area contributed by atoms with Crippen LogP contribution >= 0.6 is 0 Å². The van der Waals surface area contributed by atoms with Gasteiger partial charge in [0.15, 0.2) is 0 Å². The highest BCUT2D eigenvalue weighted by molar-refractivity contribution is 5.54. The molecule has 2 aliphatic rings. The van der Waals surface area contributed by atoms with Gasteiger partial charge in [0.05, 0.1) is 74.6 Å². The van der Waals surface area contributed by atoms with Gasteiger partial charge in [-0.3, -0.25) is 59.9 Å². The fourth-order valence-corrected chi connectivity index (χ4v) is 4.32. The Bertz CT molecular complexity index is 1410. The van der Waals surface area contributed by atoms with Gasteiger partial charge in [-0.25, -0.2) is 0 Å². The molecule has 0 N–H and O–H groups in total. The molecule has 24 heteroatoms. The molecule has 24 nitrogen and oxygen atoms in total. The Morgan fingerprint density at radius 3 is 1.22 bits per heavy atom. The van der Waals surface area contributed by atoms with E-state index in [2.05, 4.69) is 20.4 Å². The third kappa shape index (κ3) is 8.08. The molecule has 2 aromatic carbocycles. The summed E-state index contributed by atoms with van der Waals surface area (Å²) in [6.07, 6.45) is 0. The lowest BCUT2D eigenvalue weighted by Crippen LogP contribution is -2.55. The minimum atomic E-state index is -0.890. The molecule has 0 aromatic heterocycles. The zero-order chi connectivity index (χ0) is 32.7. The third-order valence-corrected chi connectivity index (χ3v) is 6.70. The van der Waals surface area contributed by atoms with Crippen LogP contribution in [0.4, 0.5) is 22.7 Å². The Kier molecular flexibility index (Phi) is 9.89. The van der Waals surface area contributed by atoms with E-state index in [1.165, 1.54) is 10.0 Å². The Morgan fingerprint density at radius 2 is 0.911 bits per heavy atom. The van der Waals surface area contributed by atoms with Crippen molar-refractivity contribution in [1.29, 1.82) is 0 Å². The highest BCUT2D eigenvalue weighted by Gasteiger charge is 2.29. The van der Waals surface area contributed by atoms with Crippen LogP contribution in [0.1, 0.15) is 0 Å². The quantitative estimate of drug-likeness (QED) is 0.138. The maximum Gasteiger partial charge on any atom is 0.321 e. The molecule has 0 radical (unpaired) electrons. The van der Waals surface area contributed by atoms with Crippen molar-refractivity contribution in [2.45, 2.75) is 0 Å². The fourth-order valence-electron chi connectivity index (χ4n) is 4.32. The summed E-state index contributed by atoms with van der Waals surface area (Å²) in [5, 5.41) is 78.2. The molecule has 0 aliphatic carbocycles. The van der Waals surface area contributed by atoms with Gasteiger partial charge in [-0.05, 0) is 12.1 Å². The van der Waals surface area contributed by atoms with E-state index in [9.17, 15) is 50.9 Å². The van der Waals surface area contributed by atoms with Crippen LogP contribution in [-0.4, -0.2) is 108 Å². The molecule has 0 spiro atoms. The number of nitro benzene ring substituents is 4. The highest BCUT2D eigenvalue weighted by atomic mass is 16.7. The average Bonchev–Trinajstić information content (AvgIpc) is 3.02. The van der Waals surface area contributed by atoms with Crippen LogP contribution < -0.4 is 9.68 Å². The number of hydrogen-bond donors (Lipinski definition) is 0. The molecule has 0 bridgehead atoms. The number of benzene rings is 2. The first kappa shape index (κ1) is 31.9. The second-order valence-corrected chi connectivity index (χ2v) is 9.47. The van der Waals surface area contributed by atoms with E-state index in [1.807, 2.05) is 0 Å². The van der Waals surface area contributed by atoms with Crippen LogP contribution in [0, 0.1) is 50.9 Å². The van der Waals surface area contributed by atoms with Crippen LogP contribution in [0.2, 0.25) is 0 Å². The summed E-state index contributed by atoms with van der Waals surface area (Å²) in [6.45, 7) is 3.33. The molecular weight excluding hydrogens is 612 g/mol. The molecule has 2 fully saturated rings. The van der Waals surface area contributed by atoms with Crippen molar-refractivity contribution in [2.24, 2.45) is 10.6 Å². The minimum absolute atomic E-state index is 0.154. The third-order valence-electron chi connectivity index (χ3n) is 6.70. The number of non-ortho nitro benzene ring substituents is 2. The number of hydrogen-bond acceptors (Lipinski definition) is 16. The molecule has 2 saturated heterocycles. The van der Waals surface area contributed by atoms with E-state index in [-0.39, 0.29) is 36.1 Å². The van der Waals surface area contributed by atoms with E-state index >= 15 is 0 Å². The van der Waals surface area contributed by atoms with Gasteiger partial charge < -0.3 is 10.4 Å². The highest BCUT2D eigenvalue weighted by Crippen LogP contribution is 2.32. The fraction of sp³-hybridized carbons (Fsp3) is 0.429. The Balaban J connectivity index is 1.23. The van der Waals surface area contributed by atoms with Gasteiger partial charge in [0, 0.05) is 38.3 Å². The monoisotopic (exact) mass is 636 g/mol. The molecular formula is C21H24N12O12. The summed E-state index contributed by atoms with van der Waals surface area (Å²) < 4.78 is 0. The van der Waals surface area contributed by atoms with Crippen LogP contribution in [0.5, 0.6) is 11.5 Å². The maximum absolute atomic E-state index is 12.4. The zero-order valence-electron chi connectivity index (χ0n) is 23.1. The normalized spacial score (nSPS) is 16.7. The van der Waals surface area contributed by atoms with Gasteiger partial charge in [0.1, 0.15) is 0 Å². The predicted molar refractivity (Wildman–Crippen MR) is 144 cm³/mol. The topological polar surface area (TPSA) is 281 Å². The molecule has 0 amide bonds. The second-order valence-electron chi connectivity index (χ2n) is 9.47. The van der Waals surface area contributed by atoms with E-state index in [4.69, 9.17) is 9.68 Å². The van der Waals surface area contributed by atoms with Gasteiger partial charge in [0.25, 0.3) is 11.4 Å². The lowest BCUT2D eigenvalue weighted by molar-refractivity contribution is -0.709. The van der Waals surface area contributed by atoms with Crippen molar-refractivity contribution in [1.82, 2.24) is 19.8 Å². The van der Waals surface area contributed by atoms with E-state index in [0.29, 0.717) is 45.0 Å². The predicted octanol–water partition coefficient (Wildman–Crippen LogP) is 1.55.